The average Bonchev–Trinajstić information content (AvgIpc) is 3.31. The van der Waals surface area contributed by atoms with Crippen LogP contribution in [0.1, 0.15) is 33.7 Å². The van der Waals surface area contributed by atoms with E-state index in [9.17, 15) is 22.8 Å². The lowest BCUT2D eigenvalue weighted by atomic mass is 9.94. The summed E-state index contributed by atoms with van der Waals surface area (Å²) in [5, 5.41) is 2.82. The minimum absolute atomic E-state index is 0.0772. The summed E-state index contributed by atoms with van der Waals surface area (Å²) in [7, 11) is 0. The molecule has 43 heavy (non-hydrogen) atoms. The fourth-order valence-electron chi connectivity index (χ4n) is 6.00. The molecule has 1 aliphatic carbocycles. The first kappa shape index (κ1) is 28.1. The number of halogens is 3. The summed E-state index contributed by atoms with van der Waals surface area (Å²) in [4.78, 5) is 26.2. The van der Waals surface area contributed by atoms with E-state index in [0.717, 1.165) is 51.2 Å². The van der Waals surface area contributed by atoms with E-state index in [1.54, 1.807) is 11.0 Å². The molecule has 6 rings (SSSR count). The van der Waals surface area contributed by atoms with Gasteiger partial charge >= 0.3 is 18.4 Å². The highest BCUT2D eigenvalue weighted by atomic mass is 19.4. The largest absolute Gasteiger partial charge is 0.449 e. The van der Waals surface area contributed by atoms with E-state index >= 15 is 0 Å². The average molecular weight is 588 g/mol. The summed E-state index contributed by atoms with van der Waals surface area (Å²) in [5.41, 5.74) is 11.8. The van der Waals surface area contributed by atoms with E-state index in [1.165, 1.54) is 12.1 Å². The van der Waals surface area contributed by atoms with Crippen molar-refractivity contribution in [2.24, 2.45) is 5.73 Å². The number of anilines is 2. The lowest BCUT2D eigenvalue weighted by Gasteiger charge is -2.36. The van der Waals surface area contributed by atoms with Crippen molar-refractivity contribution >= 4 is 23.6 Å². The second-order valence-electron chi connectivity index (χ2n) is 10.5. The Morgan fingerprint density at radius 2 is 1.53 bits per heavy atom. The first-order valence-corrected chi connectivity index (χ1v) is 13.8. The Morgan fingerprint density at radius 3 is 2.16 bits per heavy atom. The highest BCUT2D eigenvalue weighted by Gasteiger charge is 2.33. The number of rotatable bonds is 6. The van der Waals surface area contributed by atoms with Crippen LogP contribution in [0, 0.1) is 0 Å². The van der Waals surface area contributed by atoms with Gasteiger partial charge < -0.3 is 25.4 Å². The number of ether oxygens (including phenoxy) is 2. The molecule has 4 aromatic carbocycles. The second kappa shape index (κ2) is 11.4. The fourth-order valence-corrected chi connectivity index (χ4v) is 6.00. The number of nitrogens with two attached hydrogens (primary N) is 1. The van der Waals surface area contributed by atoms with Crippen molar-refractivity contribution in [3.8, 4) is 11.1 Å². The fraction of sp³-hybridized carbons (Fsp3) is 0.212. The number of benzene rings is 4. The number of hydrogen-bond acceptors (Lipinski definition) is 5. The molecule has 2 aliphatic rings. The van der Waals surface area contributed by atoms with Gasteiger partial charge in [-0.3, -0.25) is 0 Å². The molecule has 0 spiro atoms. The molecule has 0 saturated carbocycles. The molecular weight excluding hydrogens is 559 g/mol. The Balaban J connectivity index is 1.18. The number of alkyl carbamates (subject to hydrolysis) is 1. The van der Waals surface area contributed by atoms with Crippen LogP contribution >= 0.6 is 0 Å². The number of nitrogens with zero attached hydrogens (tertiary/aromatic N) is 1. The Hall–Kier alpha value is -4.99. The number of primary amides is 1. The molecule has 1 heterocycles. The van der Waals surface area contributed by atoms with Crippen molar-refractivity contribution in [1.29, 1.82) is 0 Å². The zero-order valence-electron chi connectivity index (χ0n) is 22.9. The first-order chi connectivity index (χ1) is 20.7. The minimum atomic E-state index is -4.46. The van der Waals surface area contributed by atoms with Gasteiger partial charge in [0, 0.05) is 30.3 Å². The summed E-state index contributed by atoms with van der Waals surface area (Å²) in [6.45, 7) is 0.498. The van der Waals surface area contributed by atoms with Gasteiger partial charge in [-0.1, -0.05) is 60.7 Å². The van der Waals surface area contributed by atoms with E-state index < -0.39 is 30.0 Å². The molecule has 0 fully saturated rings. The van der Waals surface area contributed by atoms with Crippen LogP contribution in [0.15, 0.2) is 91.0 Å². The highest BCUT2D eigenvalue weighted by molar-refractivity contribution is 5.79. The van der Waals surface area contributed by atoms with Crippen LogP contribution in [0.2, 0.25) is 0 Å². The Bertz CT molecular complexity index is 1630. The Morgan fingerprint density at radius 1 is 0.884 bits per heavy atom. The predicted molar refractivity (Wildman–Crippen MR) is 155 cm³/mol. The molecule has 0 radical (unpaired) electrons. The second-order valence-corrected chi connectivity index (χ2v) is 10.5. The molecule has 1 atom stereocenters. The van der Waals surface area contributed by atoms with Crippen molar-refractivity contribution in [2.75, 3.05) is 18.1 Å². The van der Waals surface area contributed by atoms with Gasteiger partial charge in [0.2, 0.25) is 0 Å². The SMILES string of the molecule is NC(=O)OC1Cc2c(CNC(=O)OCC3c4ccccc4-c4ccccc43)cccc2N(c2ccc(C(F)(F)F)cc2)C1. The summed E-state index contributed by atoms with van der Waals surface area (Å²) < 4.78 is 50.4. The van der Waals surface area contributed by atoms with Gasteiger partial charge in [-0.05, 0) is 63.7 Å². The molecule has 10 heteroatoms. The van der Waals surface area contributed by atoms with E-state index in [0.29, 0.717) is 12.1 Å². The number of carbonyl (C=O) groups excluding carboxylic acids is 2. The van der Waals surface area contributed by atoms with Crippen molar-refractivity contribution < 1.29 is 32.2 Å². The number of nitrogens with one attached hydrogen (secondary N) is 1. The number of hydrogen-bond donors (Lipinski definition) is 2. The van der Waals surface area contributed by atoms with Crippen LogP contribution in [0.5, 0.6) is 0 Å². The van der Waals surface area contributed by atoms with E-state index in [4.69, 9.17) is 15.2 Å². The van der Waals surface area contributed by atoms with Gasteiger partial charge in [0.1, 0.15) is 12.7 Å². The van der Waals surface area contributed by atoms with Crippen LogP contribution in [-0.4, -0.2) is 31.4 Å². The molecule has 4 aromatic rings. The van der Waals surface area contributed by atoms with Gasteiger partial charge in [-0.2, -0.15) is 13.2 Å². The molecule has 1 unspecified atom stereocenters. The van der Waals surface area contributed by atoms with Crippen LogP contribution in [-0.2, 0) is 28.6 Å². The van der Waals surface area contributed by atoms with E-state index in [-0.39, 0.29) is 25.6 Å². The first-order valence-electron chi connectivity index (χ1n) is 13.8. The highest BCUT2D eigenvalue weighted by Crippen LogP contribution is 2.44. The van der Waals surface area contributed by atoms with Gasteiger partial charge in [-0.25, -0.2) is 9.59 Å². The van der Waals surface area contributed by atoms with Crippen molar-refractivity contribution in [3.05, 3.63) is 119 Å². The van der Waals surface area contributed by atoms with Gasteiger partial charge in [0.25, 0.3) is 0 Å². The smallest absolute Gasteiger partial charge is 0.416 e. The number of fused-ring (bicyclic) bond motifs is 4. The van der Waals surface area contributed by atoms with Crippen LogP contribution in [0.4, 0.5) is 34.1 Å². The summed E-state index contributed by atoms with van der Waals surface area (Å²) in [6, 6.07) is 26.4. The molecule has 2 amide bonds. The molecule has 1 aliphatic heterocycles. The monoisotopic (exact) mass is 587 g/mol. The van der Waals surface area contributed by atoms with Crippen molar-refractivity contribution in [2.45, 2.75) is 31.2 Å². The molecule has 0 saturated heterocycles. The van der Waals surface area contributed by atoms with Gasteiger partial charge in [0.05, 0.1) is 12.1 Å². The molecular formula is C33H28F3N3O4. The Labute approximate surface area is 246 Å². The Kier molecular flexibility index (Phi) is 7.43. The lowest BCUT2D eigenvalue weighted by molar-refractivity contribution is -0.137. The number of amides is 2. The van der Waals surface area contributed by atoms with Crippen molar-refractivity contribution in [1.82, 2.24) is 5.32 Å². The van der Waals surface area contributed by atoms with E-state index in [1.807, 2.05) is 48.5 Å². The molecule has 220 valence electrons. The van der Waals surface area contributed by atoms with Crippen LogP contribution < -0.4 is 16.0 Å². The van der Waals surface area contributed by atoms with E-state index in [2.05, 4.69) is 17.4 Å². The number of carbonyl (C=O) groups is 2. The maximum Gasteiger partial charge on any atom is 0.416 e. The number of alkyl halides is 3. The normalized spacial score (nSPS) is 15.7. The van der Waals surface area contributed by atoms with Crippen LogP contribution in [0.25, 0.3) is 11.1 Å². The molecule has 3 N–H and O–H groups in total. The lowest BCUT2D eigenvalue weighted by Crippen LogP contribution is -2.40. The standard InChI is InChI=1S/C33H28F3N3O4/c34-33(35,36)21-12-14-22(15-13-21)39-18-23(43-31(37)40)16-28-20(6-5-11-30(28)39)17-38-32(41)42-19-29-26-9-3-1-7-24(26)25-8-2-4-10-27(25)29/h1-15,23,29H,16-19H2,(H2,37,40)(H,38,41). The van der Waals surface area contributed by atoms with Crippen LogP contribution in [0.3, 0.4) is 0 Å². The molecule has 0 bridgehead atoms. The zero-order valence-corrected chi connectivity index (χ0v) is 22.9. The quantitative estimate of drug-likeness (QED) is 0.256. The molecule has 7 nitrogen and oxygen atoms in total. The third-order valence-electron chi connectivity index (χ3n) is 7.91. The maximum absolute atomic E-state index is 13.2. The van der Waals surface area contributed by atoms with Crippen molar-refractivity contribution in [3.63, 3.8) is 0 Å². The summed E-state index contributed by atoms with van der Waals surface area (Å²) >= 11 is 0. The summed E-state index contributed by atoms with van der Waals surface area (Å²) in [6.07, 6.45) is -6.33. The maximum atomic E-state index is 13.2. The third kappa shape index (κ3) is 5.73. The zero-order chi connectivity index (χ0) is 30.1. The third-order valence-corrected chi connectivity index (χ3v) is 7.91. The topological polar surface area (TPSA) is 93.9 Å². The summed E-state index contributed by atoms with van der Waals surface area (Å²) in [5.74, 6) is -0.0772. The molecule has 0 aromatic heterocycles. The van der Waals surface area contributed by atoms with Gasteiger partial charge in [-0.15, -0.1) is 0 Å². The van der Waals surface area contributed by atoms with Gasteiger partial charge in [0.15, 0.2) is 0 Å². The predicted octanol–water partition coefficient (Wildman–Crippen LogP) is 6.90. The minimum Gasteiger partial charge on any atom is -0.449 e.